The van der Waals surface area contributed by atoms with E-state index in [0.717, 1.165) is 25.5 Å². The van der Waals surface area contributed by atoms with E-state index in [1.807, 2.05) is 0 Å². The largest absolute Gasteiger partial charge is 0.355 e. The number of carbonyl (C=O) groups is 1. The summed E-state index contributed by atoms with van der Waals surface area (Å²) in [5.74, 6) is -1.14. The van der Waals surface area contributed by atoms with Crippen molar-refractivity contribution in [2.24, 2.45) is 5.92 Å². The number of benzene rings is 1. The maximum atomic E-state index is 13.0. The third kappa shape index (κ3) is 4.28. The molecule has 1 aromatic rings. The summed E-state index contributed by atoms with van der Waals surface area (Å²) in [7, 11) is 0. The van der Waals surface area contributed by atoms with Crippen molar-refractivity contribution in [1.29, 1.82) is 0 Å². The van der Waals surface area contributed by atoms with E-state index in [4.69, 9.17) is 0 Å². The van der Waals surface area contributed by atoms with E-state index in [1.165, 1.54) is 12.1 Å². The molecular weight excluding hydrogens is 250 g/mol. The van der Waals surface area contributed by atoms with Crippen LogP contribution in [0.15, 0.2) is 18.2 Å². The quantitative estimate of drug-likeness (QED) is 0.871. The molecule has 0 radical (unpaired) electrons. The molecule has 1 heterocycles. The van der Waals surface area contributed by atoms with Crippen LogP contribution >= 0.6 is 0 Å². The molecule has 2 N–H and O–H groups in total. The molecule has 104 valence electrons. The minimum atomic E-state index is -0.585. The van der Waals surface area contributed by atoms with Crippen LogP contribution in [0.4, 0.5) is 8.78 Å². The molecule has 1 amide bonds. The highest BCUT2D eigenvalue weighted by atomic mass is 19.1. The van der Waals surface area contributed by atoms with Crippen molar-refractivity contribution in [3.63, 3.8) is 0 Å². The van der Waals surface area contributed by atoms with E-state index in [9.17, 15) is 13.6 Å². The highest BCUT2D eigenvalue weighted by Crippen LogP contribution is 2.10. The number of rotatable bonds is 4. The Labute approximate surface area is 111 Å². The molecule has 1 aromatic carbocycles. The Balaban J connectivity index is 1.77. The molecule has 1 fully saturated rings. The second-order valence-electron chi connectivity index (χ2n) is 4.86. The third-order valence-corrected chi connectivity index (χ3v) is 3.30. The summed E-state index contributed by atoms with van der Waals surface area (Å²) in [6, 6.07) is 3.42. The molecule has 0 aliphatic carbocycles. The summed E-state index contributed by atoms with van der Waals surface area (Å²) in [6.45, 7) is 2.07. The summed E-state index contributed by atoms with van der Waals surface area (Å²) in [5.41, 5.74) is 0.555. The molecule has 0 saturated carbocycles. The van der Waals surface area contributed by atoms with Gasteiger partial charge in [0.15, 0.2) is 0 Å². The average Bonchev–Trinajstić information content (AvgIpc) is 2.38. The summed E-state index contributed by atoms with van der Waals surface area (Å²) >= 11 is 0. The fourth-order valence-electron chi connectivity index (χ4n) is 2.31. The van der Waals surface area contributed by atoms with Crippen molar-refractivity contribution < 1.29 is 13.6 Å². The van der Waals surface area contributed by atoms with Crippen LogP contribution in [0.25, 0.3) is 0 Å². The van der Waals surface area contributed by atoms with Crippen LogP contribution in [-0.4, -0.2) is 25.5 Å². The Morgan fingerprint density at radius 2 is 2.05 bits per heavy atom. The van der Waals surface area contributed by atoms with Gasteiger partial charge in [0.1, 0.15) is 11.6 Å². The number of hydrogen-bond acceptors (Lipinski definition) is 2. The molecule has 1 atom stereocenters. The molecule has 0 spiro atoms. The highest BCUT2D eigenvalue weighted by Gasteiger charge is 2.20. The van der Waals surface area contributed by atoms with Gasteiger partial charge in [0.05, 0.1) is 5.92 Å². The Morgan fingerprint density at radius 1 is 1.32 bits per heavy atom. The molecule has 1 saturated heterocycles. The first-order valence-corrected chi connectivity index (χ1v) is 6.58. The summed E-state index contributed by atoms with van der Waals surface area (Å²) in [4.78, 5) is 11.8. The number of amides is 1. The van der Waals surface area contributed by atoms with Crippen LogP contribution < -0.4 is 10.6 Å². The number of halogens is 2. The second-order valence-corrected chi connectivity index (χ2v) is 4.86. The number of nitrogens with one attached hydrogen (secondary N) is 2. The molecule has 0 unspecified atom stereocenters. The van der Waals surface area contributed by atoms with Gasteiger partial charge in [0.2, 0.25) is 5.91 Å². The van der Waals surface area contributed by atoms with Gasteiger partial charge in [0.25, 0.3) is 0 Å². The predicted octanol–water partition coefficient (Wildman–Crippen LogP) is 1.62. The maximum Gasteiger partial charge on any atom is 0.224 e. The Bertz CT molecular complexity index is 425. The Morgan fingerprint density at radius 3 is 2.68 bits per heavy atom. The van der Waals surface area contributed by atoms with Crippen molar-refractivity contribution in [1.82, 2.24) is 10.6 Å². The van der Waals surface area contributed by atoms with Gasteiger partial charge in [-0.25, -0.2) is 8.78 Å². The lowest BCUT2D eigenvalue weighted by Gasteiger charge is -2.21. The molecule has 19 heavy (non-hydrogen) atoms. The maximum absolute atomic E-state index is 13.0. The lowest BCUT2D eigenvalue weighted by atomic mass is 9.99. The van der Waals surface area contributed by atoms with Crippen LogP contribution in [0.5, 0.6) is 0 Å². The van der Waals surface area contributed by atoms with Gasteiger partial charge < -0.3 is 10.6 Å². The first-order valence-electron chi connectivity index (χ1n) is 6.58. The van der Waals surface area contributed by atoms with Gasteiger partial charge >= 0.3 is 0 Å². The van der Waals surface area contributed by atoms with Gasteiger partial charge in [-0.15, -0.1) is 0 Å². The van der Waals surface area contributed by atoms with Crippen LogP contribution in [0.3, 0.4) is 0 Å². The smallest absolute Gasteiger partial charge is 0.224 e. The van der Waals surface area contributed by atoms with Gasteiger partial charge in [0, 0.05) is 19.2 Å². The number of carbonyl (C=O) groups excluding carboxylic acids is 1. The molecule has 1 aliphatic heterocycles. The van der Waals surface area contributed by atoms with Gasteiger partial charge in [-0.1, -0.05) is 0 Å². The topological polar surface area (TPSA) is 41.1 Å². The van der Waals surface area contributed by atoms with Crippen molar-refractivity contribution in [3.8, 4) is 0 Å². The van der Waals surface area contributed by atoms with E-state index < -0.39 is 11.6 Å². The van der Waals surface area contributed by atoms with E-state index in [-0.39, 0.29) is 11.8 Å². The molecule has 1 aliphatic rings. The van der Waals surface area contributed by atoms with Crippen LogP contribution in [0.1, 0.15) is 18.4 Å². The lowest BCUT2D eigenvalue weighted by molar-refractivity contribution is -0.125. The zero-order valence-electron chi connectivity index (χ0n) is 10.7. The zero-order chi connectivity index (χ0) is 13.7. The molecule has 2 rings (SSSR count). The second kappa shape index (κ2) is 6.61. The normalized spacial score (nSPS) is 19.2. The zero-order valence-corrected chi connectivity index (χ0v) is 10.7. The molecule has 5 heteroatoms. The molecule has 0 bridgehead atoms. The standard InChI is InChI=1S/C14H18F2N2O/c15-12-6-10(7-13(16)8-12)3-5-18-14(19)11-2-1-4-17-9-11/h6-8,11,17H,1-5,9H2,(H,18,19)/t11-/m0/s1. The summed E-state index contributed by atoms with van der Waals surface area (Å²) in [5, 5.41) is 5.99. The van der Waals surface area contributed by atoms with Crippen molar-refractivity contribution in [3.05, 3.63) is 35.4 Å². The molecule has 3 nitrogen and oxygen atoms in total. The molecule has 0 aromatic heterocycles. The summed E-state index contributed by atoms with van der Waals surface area (Å²) < 4.78 is 25.9. The minimum absolute atomic E-state index is 0.0120. The number of piperidine rings is 1. The predicted molar refractivity (Wildman–Crippen MR) is 68.7 cm³/mol. The van der Waals surface area contributed by atoms with Crippen molar-refractivity contribution in [2.75, 3.05) is 19.6 Å². The van der Waals surface area contributed by atoms with Gasteiger partial charge in [-0.3, -0.25) is 4.79 Å². The van der Waals surface area contributed by atoms with Gasteiger partial charge in [-0.2, -0.15) is 0 Å². The Kier molecular flexibility index (Phi) is 4.85. The monoisotopic (exact) mass is 268 g/mol. The first kappa shape index (κ1) is 13.9. The first-order chi connectivity index (χ1) is 9.15. The van der Waals surface area contributed by atoms with E-state index in [0.29, 0.717) is 25.1 Å². The lowest BCUT2D eigenvalue weighted by Crippen LogP contribution is -2.41. The van der Waals surface area contributed by atoms with E-state index in [2.05, 4.69) is 10.6 Å². The third-order valence-electron chi connectivity index (χ3n) is 3.30. The van der Waals surface area contributed by atoms with Crippen molar-refractivity contribution >= 4 is 5.91 Å². The average molecular weight is 268 g/mol. The van der Waals surface area contributed by atoms with E-state index >= 15 is 0 Å². The van der Waals surface area contributed by atoms with Crippen molar-refractivity contribution in [2.45, 2.75) is 19.3 Å². The SMILES string of the molecule is O=C(NCCc1cc(F)cc(F)c1)[C@H]1CCCNC1. The van der Waals surface area contributed by atoms with E-state index in [1.54, 1.807) is 0 Å². The molecular formula is C14H18F2N2O. The number of hydrogen-bond donors (Lipinski definition) is 2. The highest BCUT2D eigenvalue weighted by molar-refractivity contribution is 5.78. The van der Waals surface area contributed by atoms with Crippen LogP contribution in [0.2, 0.25) is 0 Å². The minimum Gasteiger partial charge on any atom is -0.355 e. The Hall–Kier alpha value is -1.49. The van der Waals surface area contributed by atoms with Crippen LogP contribution in [0, 0.1) is 17.6 Å². The van der Waals surface area contributed by atoms with Gasteiger partial charge in [-0.05, 0) is 43.5 Å². The fourth-order valence-corrected chi connectivity index (χ4v) is 2.31. The fraction of sp³-hybridized carbons (Fsp3) is 0.500. The van der Waals surface area contributed by atoms with Crippen LogP contribution in [-0.2, 0) is 11.2 Å². The summed E-state index contributed by atoms with van der Waals surface area (Å²) in [6.07, 6.45) is 2.33.